The first kappa shape index (κ1) is 47.3. The van der Waals surface area contributed by atoms with E-state index in [0.29, 0.717) is 42.8 Å². The van der Waals surface area contributed by atoms with Crippen molar-refractivity contribution in [2.75, 3.05) is 6.54 Å². The van der Waals surface area contributed by atoms with Gasteiger partial charge in [0, 0.05) is 74.0 Å². The van der Waals surface area contributed by atoms with Crippen LogP contribution in [0.1, 0.15) is 61.5 Å². The molecular weight excluding hydrogens is 865 g/mol. The number of aromatic amines is 2. The van der Waals surface area contributed by atoms with Crippen molar-refractivity contribution in [2.45, 2.75) is 114 Å². The highest BCUT2D eigenvalue weighted by molar-refractivity contribution is 5.98. The molecule has 1 fully saturated rings. The number of hydrogen-bond acceptors (Lipinski definition) is 12. The topological polar surface area (TPSA) is 330 Å². The summed E-state index contributed by atoms with van der Waals surface area (Å²) in [5, 5.41) is 32.8. The van der Waals surface area contributed by atoms with Crippen LogP contribution in [0, 0.1) is 0 Å². The number of aryl methyl sites for hydroxylation is 1. The molecule has 5 heterocycles. The average Bonchev–Trinajstić information content (AvgIpc) is 4.16. The molecule has 67 heavy (non-hydrogen) atoms. The predicted molar refractivity (Wildman–Crippen MR) is 241 cm³/mol. The summed E-state index contributed by atoms with van der Waals surface area (Å²) in [6, 6.07) is 5.36. The van der Waals surface area contributed by atoms with E-state index in [1.165, 1.54) is 36.5 Å². The third-order valence-corrected chi connectivity index (χ3v) is 12.1. The van der Waals surface area contributed by atoms with Crippen molar-refractivity contribution in [3.63, 3.8) is 0 Å². The quantitative estimate of drug-likeness (QED) is 0.0930. The first-order valence-corrected chi connectivity index (χ1v) is 22.3. The van der Waals surface area contributed by atoms with Crippen LogP contribution in [0.15, 0.2) is 73.4 Å². The summed E-state index contributed by atoms with van der Waals surface area (Å²) in [7, 11) is 0. The Morgan fingerprint density at radius 3 is 2.27 bits per heavy atom. The number of benzene rings is 2. The van der Waals surface area contributed by atoms with Gasteiger partial charge in [-0.15, -0.1) is 5.10 Å². The van der Waals surface area contributed by atoms with Crippen molar-refractivity contribution in [3.05, 3.63) is 96.0 Å². The van der Waals surface area contributed by atoms with Gasteiger partial charge in [0.25, 0.3) is 0 Å². The first-order valence-electron chi connectivity index (χ1n) is 22.3. The lowest BCUT2D eigenvalue weighted by atomic mass is 10.0. The molecule has 5 aromatic rings. The second kappa shape index (κ2) is 21.6. The van der Waals surface area contributed by atoms with Crippen LogP contribution in [0.5, 0.6) is 5.75 Å². The molecule has 1 saturated heterocycles. The van der Waals surface area contributed by atoms with Crippen LogP contribution in [0.2, 0.25) is 0 Å². The Morgan fingerprint density at radius 2 is 1.51 bits per heavy atom. The molecule has 0 radical (unpaired) electrons. The highest BCUT2D eigenvalue weighted by atomic mass is 16.3. The van der Waals surface area contributed by atoms with E-state index in [9.17, 15) is 38.7 Å². The van der Waals surface area contributed by atoms with E-state index >= 15 is 0 Å². The van der Waals surface area contributed by atoms with Crippen molar-refractivity contribution in [1.29, 1.82) is 0 Å². The molecule has 0 spiro atoms. The summed E-state index contributed by atoms with van der Waals surface area (Å²) in [5.74, 6) is -4.77. The second-order valence-corrected chi connectivity index (χ2v) is 17.1. The van der Waals surface area contributed by atoms with E-state index in [1.54, 1.807) is 29.2 Å². The lowest BCUT2D eigenvalue weighted by Gasteiger charge is -2.30. The Hall–Kier alpha value is -7.62. The number of amides is 7. The zero-order chi connectivity index (χ0) is 47.6. The number of carbonyl (C=O) groups excluding carboxylic acids is 7. The lowest BCUT2D eigenvalue weighted by molar-refractivity contribution is -0.142. The Morgan fingerprint density at radius 1 is 0.776 bits per heavy atom. The smallest absolute Gasteiger partial charge is 0.246 e. The normalized spacial score (nSPS) is 24.4. The predicted octanol–water partition coefficient (Wildman–Crippen LogP) is -1.11. The number of aromatic nitrogens is 6. The van der Waals surface area contributed by atoms with Crippen LogP contribution in [0.3, 0.4) is 0 Å². The van der Waals surface area contributed by atoms with Crippen LogP contribution < -0.4 is 38.1 Å². The lowest BCUT2D eigenvalue weighted by Crippen LogP contribution is -2.60. The zero-order valence-electron chi connectivity index (χ0n) is 36.9. The van der Waals surface area contributed by atoms with Gasteiger partial charge in [-0.25, -0.2) is 4.98 Å². The summed E-state index contributed by atoms with van der Waals surface area (Å²) < 4.78 is 1.56. The van der Waals surface area contributed by atoms with Crippen molar-refractivity contribution in [3.8, 4) is 5.75 Å². The van der Waals surface area contributed by atoms with Crippen LogP contribution in [-0.4, -0.2) is 130 Å². The zero-order valence-corrected chi connectivity index (χ0v) is 36.9. The molecule has 2 aromatic carbocycles. The minimum Gasteiger partial charge on any atom is -0.508 e. The number of nitrogens with one attached hydrogen (secondary N) is 7. The number of carbonyl (C=O) groups is 7. The van der Waals surface area contributed by atoms with Crippen molar-refractivity contribution >= 4 is 52.3 Å². The molecule has 7 amide bonds. The summed E-state index contributed by atoms with van der Waals surface area (Å²) in [5.41, 5.74) is 15.2. The van der Waals surface area contributed by atoms with Gasteiger partial charge in [-0.1, -0.05) is 35.5 Å². The van der Waals surface area contributed by atoms with E-state index < -0.39 is 83.6 Å². The molecule has 354 valence electrons. The molecule has 22 nitrogen and oxygen atoms in total. The molecule has 0 saturated carbocycles. The van der Waals surface area contributed by atoms with Gasteiger partial charge in [-0.3, -0.25) is 38.2 Å². The Balaban J connectivity index is 1.17. The summed E-state index contributed by atoms with van der Waals surface area (Å²) >= 11 is 0. The van der Waals surface area contributed by atoms with Crippen molar-refractivity contribution in [2.24, 2.45) is 11.5 Å². The Kier molecular flexibility index (Phi) is 15.2. The number of phenols is 1. The standard InChI is InChI=1S/C45H56N14O8/c1-25-40(62)55-37(20-28-22-48-24-50-28)45(67)59-16-6-10-38(59)44(66)54-35(17-26-11-13-30(60)14-12-26)43(65)52-34(39(47)61)9-4-5-15-58-23-29(56-57-58)19-32(46)41(63)53-36(42(64)51-25)18-27-21-49-33-8-3-2-7-31(27)33/h2-3,7-8,11-14,21-25,32,34-38,49,60H,4-6,9-10,15-20,46H2,1H3,(H2,47,61)(H,48,50)(H,51,64)(H,52,65)(H,53,63)(H,54,66)(H,55,62)/t25-,32-,34-,35-,36-,37-,38-/m0/s1. The van der Waals surface area contributed by atoms with Crippen molar-refractivity contribution < 1.29 is 38.7 Å². The molecular formula is C45H56N14O8. The fraction of sp³-hybridized carbons (Fsp3) is 0.422. The molecule has 0 aliphatic carbocycles. The van der Waals surface area contributed by atoms with Gasteiger partial charge in [-0.2, -0.15) is 0 Å². The van der Waals surface area contributed by atoms with Crippen LogP contribution in [-0.2, 0) is 65.8 Å². The number of hydrogen-bond donors (Lipinski definition) is 10. The maximum absolute atomic E-state index is 14.5. The highest BCUT2D eigenvalue weighted by Gasteiger charge is 2.40. The fourth-order valence-electron chi connectivity index (χ4n) is 8.39. The largest absolute Gasteiger partial charge is 0.508 e. The van der Waals surface area contributed by atoms with E-state index in [2.05, 4.69) is 51.8 Å². The van der Waals surface area contributed by atoms with E-state index in [1.807, 2.05) is 24.3 Å². The number of imidazole rings is 1. The van der Waals surface area contributed by atoms with Gasteiger partial charge in [0.1, 0.15) is 42.0 Å². The van der Waals surface area contributed by atoms with Gasteiger partial charge in [0.2, 0.25) is 41.4 Å². The molecule has 2 bridgehead atoms. The third-order valence-electron chi connectivity index (χ3n) is 12.1. The van der Waals surface area contributed by atoms with E-state index in [-0.39, 0.29) is 50.8 Å². The van der Waals surface area contributed by atoms with Crippen LogP contribution in [0.4, 0.5) is 0 Å². The molecule has 22 heteroatoms. The number of aromatic hydroxyl groups is 1. The number of fused-ring (bicyclic) bond motifs is 4. The number of rotatable bonds is 7. The summed E-state index contributed by atoms with van der Waals surface area (Å²) in [6.07, 6.45) is 7.97. The number of H-pyrrole nitrogens is 2. The Bertz CT molecular complexity index is 2560. The molecule has 3 aromatic heterocycles. The van der Waals surface area contributed by atoms with Crippen LogP contribution >= 0.6 is 0 Å². The molecule has 7 rings (SSSR count). The first-order chi connectivity index (χ1) is 32.2. The molecule has 2 aliphatic heterocycles. The SMILES string of the molecule is C[C@@H]1NC(=O)[C@H](Cc2c[nH]c3ccccc23)NC(=O)[C@@H](N)Cc2cn(nn2)CCCC[C@@H](C(N)=O)NC(=O)[C@H](Cc2ccc(O)cc2)NC(=O)[C@@H]2CCCN2C(=O)[C@H](Cc2cnc[nH]2)NC1=O. The van der Waals surface area contributed by atoms with Crippen molar-refractivity contribution in [1.82, 2.24) is 61.4 Å². The van der Waals surface area contributed by atoms with Gasteiger partial charge in [-0.05, 0) is 68.4 Å². The second-order valence-electron chi connectivity index (χ2n) is 17.1. The van der Waals surface area contributed by atoms with Gasteiger partial charge in [0.05, 0.1) is 18.1 Å². The number of para-hydroxylation sites is 1. The number of phenolic OH excluding ortho intramolecular Hbond substituents is 1. The number of nitrogens with zero attached hydrogens (tertiary/aromatic N) is 5. The summed E-state index contributed by atoms with van der Waals surface area (Å²) in [6.45, 7) is 1.96. The average molecular weight is 921 g/mol. The van der Waals surface area contributed by atoms with Crippen LogP contribution in [0.25, 0.3) is 10.9 Å². The number of nitrogens with two attached hydrogens (primary N) is 2. The van der Waals surface area contributed by atoms with E-state index in [0.717, 1.165) is 16.5 Å². The third kappa shape index (κ3) is 12.2. The van der Waals surface area contributed by atoms with E-state index in [4.69, 9.17) is 11.5 Å². The Labute approximate surface area is 384 Å². The minimum atomic E-state index is -1.24. The molecule has 12 N–H and O–H groups in total. The maximum atomic E-state index is 14.5. The molecule has 2 aliphatic rings. The van der Waals surface area contributed by atoms with Gasteiger partial charge in [0.15, 0.2) is 0 Å². The highest BCUT2D eigenvalue weighted by Crippen LogP contribution is 2.22. The molecule has 0 unspecified atom stereocenters. The molecule has 7 atom stereocenters. The van der Waals surface area contributed by atoms with Gasteiger partial charge < -0.3 is 58.0 Å². The van der Waals surface area contributed by atoms with Gasteiger partial charge >= 0.3 is 0 Å². The fourth-order valence-corrected chi connectivity index (χ4v) is 8.39. The summed E-state index contributed by atoms with van der Waals surface area (Å²) in [4.78, 5) is 109. The number of primary amides is 1. The monoisotopic (exact) mass is 920 g/mol. The maximum Gasteiger partial charge on any atom is 0.246 e. The minimum absolute atomic E-state index is 0.00147.